The number of amides is 1. The van der Waals surface area contributed by atoms with Crippen molar-refractivity contribution in [1.29, 1.82) is 0 Å². The van der Waals surface area contributed by atoms with E-state index in [2.05, 4.69) is 17.0 Å². The van der Waals surface area contributed by atoms with Gasteiger partial charge in [0, 0.05) is 23.8 Å². The lowest BCUT2D eigenvalue weighted by Crippen LogP contribution is -2.56. The molecular formula is C19H28ClN3O2. The van der Waals surface area contributed by atoms with Gasteiger partial charge in [0.25, 0.3) is 0 Å². The fraction of sp³-hybridized carbons (Fsp3) is 0.632. The van der Waals surface area contributed by atoms with Gasteiger partial charge in [0.1, 0.15) is 5.60 Å². The van der Waals surface area contributed by atoms with Crippen LogP contribution in [0.4, 0.5) is 10.5 Å². The van der Waals surface area contributed by atoms with Gasteiger partial charge in [0.05, 0.1) is 12.1 Å². The maximum absolute atomic E-state index is 12.5. The van der Waals surface area contributed by atoms with E-state index in [0.29, 0.717) is 6.54 Å². The monoisotopic (exact) mass is 365 g/mol. The van der Waals surface area contributed by atoms with E-state index in [1.807, 2.05) is 31.7 Å². The zero-order valence-electron chi connectivity index (χ0n) is 15.3. The second-order valence-corrected chi connectivity index (χ2v) is 8.40. The van der Waals surface area contributed by atoms with E-state index in [1.165, 1.54) is 0 Å². The van der Waals surface area contributed by atoms with Crippen LogP contribution in [0.3, 0.4) is 0 Å². The number of fused-ring (bicyclic) bond motifs is 2. The highest BCUT2D eigenvalue weighted by Crippen LogP contribution is 2.35. The van der Waals surface area contributed by atoms with Crippen molar-refractivity contribution in [2.75, 3.05) is 24.5 Å². The first-order valence-corrected chi connectivity index (χ1v) is 9.41. The molecule has 25 heavy (non-hydrogen) atoms. The molecule has 0 radical (unpaired) electrons. The average Bonchev–Trinajstić information content (AvgIpc) is 2.78. The first-order chi connectivity index (χ1) is 11.8. The van der Waals surface area contributed by atoms with Gasteiger partial charge in [0.15, 0.2) is 0 Å². The number of benzene rings is 1. The number of hydrogen-bond acceptors (Lipinski definition) is 4. The summed E-state index contributed by atoms with van der Waals surface area (Å²) in [6.45, 7) is 7.97. The fourth-order valence-corrected chi connectivity index (χ4v) is 4.09. The molecule has 2 saturated heterocycles. The number of ether oxygens (including phenoxy) is 1. The van der Waals surface area contributed by atoms with Crippen molar-refractivity contribution in [3.63, 3.8) is 0 Å². The number of carbonyl (C=O) groups is 1. The van der Waals surface area contributed by atoms with E-state index in [0.717, 1.165) is 48.6 Å². The molecule has 2 heterocycles. The Morgan fingerprint density at radius 2 is 1.92 bits per heavy atom. The van der Waals surface area contributed by atoms with E-state index in [9.17, 15) is 4.79 Å². The molecule has 2 fully saturated rings. The van der Waals surface area contributed by atoms with Crippen LogP contribution in [0, 0.1) is 0 Å². The van der Waals surface area contributed by atoms with Crippen LogP contribution in [0.25, 0.3) is 0 Å². The molecule has 0 spiro atoms. The Balaban J connectivity index is 1.71. The van der Waals surface area contributed by atoms with E-state index >= 15 is 0 Å². The minimum Gasteiger partial charge on any atom is -0.444 e. The van der Waals surface area contributed by atoms with Crippen molar-refractivity contribution in [2.24, 2.45) is 5.73 Å². The number of hydrogen-bond donors (Lipinski definition) is 1. The van der Waals surface area contributed by atoms with E-state index < -0.39 is 5.60 Å². The Hall–Kier alpha value is -1.46. The van der Waals surface area contributed by atoms with Crippen molar-refractivity contribution < 1.29 is 9.53 Å². The van der Waals surface area contributed by atoms with Crippen LogP contribution < -0.4 is 10.6 Å². The van der Waals surface area contributed by atoms with Gasteiger partial charge < -0.3 is 15.4 Å². The predicted octanol–water partition coefficient (Wildman–Crippen LogP) is 3.43. The smallest absolute Gasteiger partial charge is 0.410 e. The maximum Gasteiger partial charge on any atom is 0.410 e. The van der Waals surface area contributed by atoms with Crippen molar-refractivity contribution in [3.05, 3.63) is 28.8 Å². The zero-order valence-corrected chi connectivity index (χ0v) is 16.1. The molecular weight excluding hydrogens is 338 g/mol. The van der Waals surface area contributed by atoms with Crippen LogP contribution in [0.15, 0.2) is 18.2 Å². The van der Waals surface area contributed by atoms with Gasteiger partial charge in [-0.15, -0.1) is 0 Å². The number of nitrogens with zero attached hydrogens (tertiary/aromatic N) is 2. The molecule has 0 saturated carbocycles. The summed E-state index contributed by atoms with van der Waals surface area (Å²) in [4.78, 5) is 16.8. The van der Waals surface area contributed by atoms with Gasteiger partial charge in [-0.1, -0.05) is 17.7 Å². The lowest BCUT2D eigenvalue weighted by atomic mass is 10.1. The largest absolute Gasteiger partial charge is 0.444 e. The molecule has 2 aliphatic heterocycles. The van der Waals surface area contributed by atoms with Gasteiger partial charge in [-0.2, -0.15) is 0 Å². The molecule has 2 aliphatic rings. The van der Waals surface area contributed by atoms with Gasteiger partial charge >= 0.3 is 6.09 Å². The molecule has 2 unspecified atom stereocenters. The molecule has 0 aliphatic carbocycles. The number of rotatable bonds is 3. The first kappa shape index (κ1) is 18.3. The molecule has 138 valence electrons. The number of anilines is 1. The van der Waals surface area contributed by atoms with Crippen LogP contribution in [0.5, 0.6) is 0 Å². The Labute approximate surface area is 155 Å². The third-order valence-corrected chi connectivity index (χ3v) is 5.25. The predicted molar refractivity (Wildman–Crippen MR) is 101 cm³/mol. The van der Waals surface area contributed by atoms with E-state index in [1.54, 1.807) is 0 Å². The molecule has 2 atom stereocenters. The van der Waals surface area contributed by atoms with Crippen molar-refractivity contribution >= 4 is 23.4 Å². The molecule has 2 N–H and O–H groups in total. The van der Waals surface area contributed by atoms with Gasteiger partial charge in [-0.3, -0.25) is 4.90 Å². The van der Waals surface area contributed by atoms with Crippen LogP contribution in [-0.2, 0) is 11.2 Å². The third-order valence-electron chi connectivity index (χ3n) is 4.90. The Bertz CT molecular complexity index is 630. The molecule has 5 nitrogen and oxygen atoms in total. The van der Waals surface area contributed by atoms with Crippen molar-refractivity contribution in [3.8, 4) is 0 Å². The first-order valence-electron chi connectivity index (χ1n) is 9.03. The van der Waals surface area contributed by atoms with Gasteiger partial charge in [0.2, 0.25) is 0 Å². The number of halogens is 1. The van der Waals surface area contributed by atoms with E-state index in [4.69, 9.17) is 22.1 Å². The third kappa shape index (κ3) is 4.04. The minimum atomic E-state index is -0.458. The van der Waals surface area contributed by atoms with Gasteiger partial charge in [-0.25, -0.2) is 4.79 Å². The van der Waals surface area contributed by atoms with Crippen LogP contribution in [-0.4, -0.2) is 48.3 Å². The Morgan fingerprint density at radius 3 is 2.44 bits per heavy atom. The number of carbonyl (C=O) groups excluding carboxylic acids is 1. The van der Waals surface area contributed by atoms with Crippen molar-refractivity contribution in [2.45, 2.75) is 57.7 Å². The molecule has 3 rings (SSSR count). The maximum atomic E-state index is 12.5. The fourth-order valence-electron chi connectivity index (χ4n) is 3.82. The standard InChI is InChI=1S/C19H28ClN3O2/c1-19(2,3)25-18(24)23-15-6-7-16(23)12-22(11-15)14-5-4-13(8-9-21)17(20)10-14/h4-5,10,15-16H,6-9,11-12,21H2,1-3H3. The quantitative estimate of drug-likeness (QED) is 0.891. The summed E-state index contributed by atoms with van der Waals surface area (Å²) < 4.78 is 5.60. The van der Waals surface area contributed by atoms with Crippen molar-refractivity contribution in [1.82, 2.24) is 4.90 Å². The van der Waals surface area contributed by atoms with Crippen LogP contribution in [0.2, 0.25) is 5.02 Å². The highest BCUT2D eigenvalue weighted by Gasteiger charge is 2.44. The molecule has 1 aromatic rings. The Morgan fingerprint density at radius 1 is 1.28 bits per heavy atom. The van der Waals surface area contributed by atoms with Crippen LogP contribution in [0.1, 0.15) is 39.2 Å². The van der Waals surface area contributed by atoms with Gasteiger partial charge in [-0.05, 0) is 64.3 Å². The summed E-state index contributed by atoms with van der Waals surface area (Å²) in [5, 5.41) is 0.768. The summed E-state index contributed by atoms with van der Waals surface area (Å²) in [5.74, 6) is 0. The summed E-state index contributed by atoms with van der Waals surface area (Å²) in [6.07, 6.45) is 2.66. The number of piperazine rings is 1. The molecule has 1 aromatic carbocycles. The molecule has 0 aromatic heterocycles. The lowest BCUT2D eigenvalue weighted by Gasteiger charge is -2.42. The second kappa shape index (κ2) is 7.04. The highest BCUT2D eigenvalue weighted by atomic mass is 35.5. The molecule has 2 bridgehead atoms. The average molecular weight is 366 g/mol. The zero-order chi connectivity index (χ0) is 18.2. The summed E-state index contributed by atoms with van der Waals surface area (Å²) in [6, 6.07) is 6.61. The molecule has 1 amide bonds. The number of nitrogens with two attached hydrogens (primary N) is 1. The van der Waals surface area contributed by atoms with Crippen LogP contribution >= 0.6 is 11.6 Å². The summed E-state index contributed by atoms with van der Waals surface area (Å²) in [7, 11) is 0. The lowest BCUT2D eigenvalue weighted by molar-refractivity contribution is 0.0123. The molecule has 6 heteroatoms. The minimum absolute atomic E-state index is 0.184. The Kier molecular flexibility index (Phi) is 5.16. The highest BCUT2D eigenvalue weighted by molar-refractivity contribution is 6.31. The SMILES string of the molecule is CC(C)(C)OC(=O)N1C2CCC1CN(c1ccc(CCN)c(Cl)c1)C2. The second-order valence-electron chi connectivity index (χ2n) is 7.99. The summed E-state index contributed by atoms with van der Waals surface area (Å²) in [5.41, 5.74) is 7.37. The summed E-state index contributed by atoms with van der Waals surface area (Å²) >= 11 is 6.40. The topological polar surface area (TPSA) is 58.8 Å². The normalized spacial score (nSPS) is 23.1. The van der Waals surface area contributed by atoms with E-state index in [-0.39, 0.29) is 18.2 Å².